The van der Waals surface area contributed by atoms with E-state index in [9.17, 15) is 22.8 Å². The van der Waals surface area contributed by atoms with Crippen LogP contribution < -0.4 is 34.6 Å². The predicted molar refractivity (Wildman–Crippen MR) is 232 cm³/mol. The average molecular weight is 856 g/mol. The molecule has 1 saturated heterocycles. The van der Waals surface area contributed by atoms with E-state index in [1.54, 1.807) is 25.3 Å². The van der Waals surface area contributed by atoms with Gasteiger partial charge in [0.2, 0.25) is 27.7 Å². The van der Waals surface area contributed by atoms with Crippen molar-refractivity contribution in [3.05, 3.63) is 66.4 Å². The zero-order valence-corrected chi connectivity index (χ0v) is 36.6. The SMILES string of the molecule is C[C@H]1CC/C=C\[C@@H]2C[C@@]2(C(=O)NS(=O)(=O)C2(C)CC2)NC(=O)[C@@H]2C[C@@H](Oc3nccc4c5c(ccc34)N(C)CCO5)CN2C(=O)[C@@H](NC(=O)c2ccc(N(C)C)cc2)[C@H](C)C1. The topological polar surface area (TPSA) is 180 Å². The maximum Gasteiger partial charge on any atom is 0.259 e. The number of amides is 4. The van der Waals surface area contributed by atoms with Gasteiger partial charge in [-0.3, -0.25) is 23.9 Å². The molecule has 15 nitrogen and oxygen atoms in total. The van der Waals surface area contributed by atoms with Gasteiger partial charge in [-0.25, -0.2) is 13.4 Å². The number of likely N-dealkylation sites (N-methyl/N-ethyl adjacent to an activating group) is 1. The minimum absolute atomic E-state index is 0.0133. The highest BCUT2D eigenvalue weighted by molar-refractivity contribution is 7.91. The third-order valence-corrected chi connectivity index (χ3v) is 15.5. The lowest BCUT2D eigenvalue weighted by atomic mass is 9.87. The fourth-order valence-electron chi connectivity index (χ4n) is 9.03. The van der Waals surface area contributed by atoms with Crippen molar-refractivity contribution < 1.29 is 37.1 Å². The lowest BCUT2D eigenvalue weighted by Crippen LogP contribution is -2.59. The number of anilines is 2. The van der Waals surface area contributed by atoms with Crippen LogP contribution in [-0.4, -0.2) is 111 Å². The molecule has 16 heteroatoms. The summed E-state index contributed by atoms with van der Waals surface area (Å²) in [7, 11) is 1.82. The molecule has 0 spiro atoms. The summed E-state index contributed by atoms with van der Waals surface area (Å²) >= 11 is 0. The van der Waals surface area contributed by atoms with Crippen LogP contribution in [0.5, 0.6) is 11.6 Å². The molecular weight excluding hydrogens is 799 g/mol. The molecule has 8 rings (SSSR count). The fraction of sp³-hybridized carbons (Fsp3) is 0.533. The maximum atomic E-state index is 15.1. The van der Waals surface area contributed by atoms with Crippen molar-refractivity contribution in [3.63, 3.8) is 0 Å². The number of carbonyl (C=O) groups is 4. The molecule has 2 aliphatic carbocycles. The minimum atomic E-state index is -4.01. The van der Waals surface area contributed by atoms with Gasteiger partial charge < -0.3 is 34.8 Å². The first-order valence-electron chi connectivity index (χ1n) is 21.4. The number of fused-ring (bicyclic) bond motifs is 5. The Morgan fingerprint density at radius 2 is 1.79 bits per heavy atom. The Morgan fingerprint density at radius 1 is 1.03 bits per heavy atom. The highest BCUT2D eigenvalue weighted by atomic mass is 32.2. The second kappa shape index (κ2) is 16.1. The highest BCUT2D eigenvalue weighted by Gasteiger charge is 2.63. The molecule has 2 saturated carbocycles. The van der Waals surface area contributed by atoms with E-state index in [4.69, 9.17) is 9.47 Å². The number of nitrogens with zero attached hydrogens (tertiary/aromatic N) is 4. The number of ether oxygens (including phenoxy) is 2. The van der Waals surface area contributed by atoms with Crippen LogP contribution in [0.3, 0.4) is 0 Å². The Bertz CT molecular complexity index is 2370. The number of nitrogens with one attached hydrogen (secondary N) is 3. The van der Waals surface area contributed by atoms with Crippen LogP contribution in [0.15, 0.2) is 60.8 Å². The van der Waals surface area contributed by atoms with Crippen molar-refractivity contribution in [2.24, 2.45) is 17.8 Å². The van der Waals surface area contributed by atoms with Gasteiger partial charge in [0.1, 0.15) is 30.3 Å². The number of pyridine rings is 1. The lowest BCUT2D eigenvalue weighted by Gasteiger charge is -2.33. The van der Waals surface area contributed by atoms with Crippen molar-refractivity contribution in [2.75, 3.05) is 50.6 Å². The number of sulfonamides is 1. The number of aromatic nitrogens is 1. The van der Waals surface area contributed by atoms with Gasteiger partial charge in [0.25, 0.3) is 11.8 Å². The first-order chi connectivity index (χ1) is 29.0. The number of rotatable bonds is 8. The van der Waals surface area contributed by atoms with Crippen LogP contribution in [0, 0.1) is 17.8 Å². The Morgan fingerprint density at radius 3 is 2.51 bits per heavy atom. The molecule has 3 N–H and O–H groups in total. The Balaban J connectivity index is 1.13. The molecule has 4 amide bonds. The summed E-state index contributed by atoms with van der Waals surface area (Å²) in [6.45, 7) is 6.91. The minimum Gasteiger partial charge on any atom is -0.489 e. The van der Waals surface area contributed by atoms with Gasteiger partial charge in [0.05, 0.1) is 23.5 Å². The van der Waals surface area contributed by atoms with E-state index >= 15 is 4.79 Å². The summed E-state index contributed by atoms with van der Waals surface area (Å²) in [5.41, 5.74) is 0.715. The summed E-state index contributed by atoms with van der Waals surface area (Å²) in [6.07, 6.45) is 7.99. The van der Waals surface area contributed by atoms with Crippen LogP contribution >= 0.6 is 0 Å². The summed E-state index contributed by atoms with van der Waals surface area (Å²) in [5, 5.41) is 7.51. The number of allylic oxidation sites excluding steroid dienone is 1. The Kier molecular flexibility index (Phi) is 11.2. The van der Waals surface area contributed by atoms with Crippen LogP contribution in [0.1, 0.15) is 76.1 Å². The second-order valence-corrected chi connectivity index (χ2v) is 20.4. The smallest absolute Gasteiger partial charge is 0.259 e. The van der Waals surface area contributed by atoms with Gasteiger partial charge in [0, 0.05) is 61.7 Å². The van der Waals surface area contributed by atoms with Gasteiger partial charge in [-0.2, -0.15) is 0 Å². The highest BCUT2D eigenvalue weighted by Crippen LogP contribution is 2.48. The van der Waals surface area contributed by atoms with E-state index in [-0.39, 0.29) is 31.2 Å². The Hall–Kier alpha value is -5.38. The van der Waals surface area contributed by atoms with Gasteiger partial charge in [-0.05, 0) is 99.7 Å². The zero-order valence-electron chi connectivity index (χ0n) is 35.8. The largest absolute Gasteiger partial charge is 0.489 e. The van der Waals surface area contributed by atoms with Crippen molar-refractivity contribution in [1.29, 1.82) is 0 Å². The summed E-state index contributed by atoms with van der Waals surface area (Å²) in [6, 6.07) is 10.7. The molecule has 7 atom stereocenters. The van der Waals surface area contributed by atoms with E-state index in [2.05, 4.69) is 32.2 Å². The van der Waals surface area contributed by atoms with Crippen molar-refractivity contribution in [3.8, 4) is 11.6 Å². The van der Waals surface area contributed by atoms with Crippen LogP contribution in [0.4, 0.5) is 11.4 Å². The molecule has 326 valence electrons. The van der Waals surface area contributed by atoms with E-state index in [0.29, 0.717) is 49.1 Å². The molecule has 0 bridgehead atoms. The van der Waals surface area contributed by atoms with E-state index < -0.39 is 68.0 Å². The third-order valence-electron chi connectivity index (χ3n) is 13.4. The molecule has 3 aliphatic heterocycles. The van der Waals surface area contributed by atoms with Gasteiger partial charge >= 0.3 is 0 Å². The standard InChI is InChI=1S/C45H57N7O8S/c1-27-9-7-8-10-30-25-45(30,43(56)49-61(57,58)44(3)18-19-44)48-40(54)36-24-32(60-41-34-15-16-35-38(33(34)17-20-46-41)59-22-21-51(35)6)26-52(36)42(55)37(28(2)23-27)47-39(53)29-11-13-31(14-12-29)50(4)5/h8,10-17,20,27-28,30,32,36-37H,7,9,18-19,21-26H2,1-6H3,(H,47,53)(H,48,54)(H,49,56)/b10-8-/t27-,28+,30+,32+,36-,37-,45+/m0/s1. The molecule has 5 aliphatic rings. The first-order valence-corrected chi connectivity index (χ1v) is 22.8. The normalized spacial score (nSPS) is 29.0. The van der Waals surface area contributed by atoms with Gasteiger partial charge in [-0.15, -0.1) is 0 Å². The fourth-order valence-corrected chi connectivity index (χ4v) is 10.3. The monoisotopic (exact) mass is 855 g/mol. The predicted octanol–water partition coefficient (Wildman–Crippen LogP) is 4.16. The number of hydrogen-bond acceptors (Lipinski definition) is 11. The third kappa shape index (κ3) is 8.22. The number of hydrogen-bond donors (Lipinski definition) is 3. The lowest BCUT2D eigenvalue weighted by molar-refractivity contribution is -0.142. The van der Waals surface area contributed by atoms with Crippen molar-refractivity contribution in [2.45, 2.75) is 94.2 Å². The molecule has 4 heterocycles. The number of carbonyl (C=O) groups excluding carboxylic acids is 4. The summed E-state index contributed by atoms with van der Waals surface area (Å²) < 4.78 is 40.6. The summed E-state index contributed by atoms with van der Waals surface area (Å²) in [4.78, 5) is 67.9. The molecule has 0 radical (unpaired) electrons. The molecular formula is C45H57N7O8S. The average Bonchev–Trinajstić information content (AvgIpc) is 4.11. The molecule has 3 aromatic rings. The van der Waals surface area contributed by atoms with E-state index in [0.717, 1.165) is 35.5 Å². The zero-order chi connectivity index (χ0) is 43.4. The van der Waals surface area contributed by atoms with Crippen LogP contribution in [-0.2, 0) is 24.4 Å². The molecule has 61 heavy (non-hydrogen) atoms. The Labute approximate surface area is 357 Å². The molecule has 2 aromatic carbocycles. The summed E-state index contributed by atoms with van der Waals surface area (Å²) in [5.74, 6) is -1.86. The van der Waals surface area contributed by atoms with Crippen molar-refractivity contribution in [1.82, 2.24) is 25.2 Å². The second-order valence-electron chi connectivity index (χ2n) is 18.2. The quantitative estimate of drug-likeness (QED) is 0.277. The molecule has 3 fully saturated rings. The van der Waals surface area contributed by atoms with Crippen LogP contribution in [0.2, 0.25) is 0 Å². The first kappa shape index (κ1) is 42.3. The van der Waals surface area contributed by atoms with E-state index in [1.165, 1.54) is 4.90 Å². The maximum absolute atomic E-state index is 15.1. The molecule has 0 unspecified atom stereocenters. The van der Waals surface area contributed by atoms with Gasteiger partial charge in [-0.1, -0.05) is 26.0 Å². The van der Waals surface area contributed by atoms with Crippen LogP contribution in [0.25, 0.3) is 10.8 Å². The van der Waals surface area contributed by atoms with Crippen molar-refractivity contribution >= 4 is 55.8 Å². The molecule has 1 aromatic heterocycles. The number of benzene rings is 2. The van der Waals surface area contributed by atoms with E-state index in [1.807, 2.05) is 75.5 Å². The van der Waals surface area contributed by atoms with Gasteiger partial charge in [0.15, 0.2) is 5.75 Å².